The fraction of sp³-hybridized carbons (Fsp3) is 0.562. The highest BCUT2D eigenvalue weighted by Crippen LogP contribution is 2.38. The van der Waals surface area contributed by atoms with E-state index in [4.69, 9.17) is 9.47 Å². The van der Waals surface area contributed by atoms with Crippen LogP contribution in [0, 0.1) is 5.92 Å². The van der Waals surface area contributed by atoms with Crippen LogP contribution in [0.5, 0.6) is 11.5 Å². The Kier molecular flexibility index (Phi) is 6.01. The highest BCUT2D eigenvalue weighted by molar-refractivity contribution is 9.10. The van der Waals surface area contributed by atoms with E-state index in [1.165, 1.54) is 26.4 Å². The molecule has 134 valence electrons. The number of hydrogen-bond donors (Lipinski definition) is 1. The van der Waals surface area contributed by atoms with Gasteiger partial charge in [-0.2, -0.15) is 13.2 Å². The van der Waals surface area contributed by atoms with Crippen LogP contribution in [0.3, 0.4) is 0 Å². The average Bonchev–Trinajstić information content (AvgIpc) is 2.54. The minimum absolute atomic E-state index is 0.0431. The first-order valence-corrected chi connectivity index (χ1v) is 8.36. The molecule has 2 rings (SSSR count). The van der Waals surface area contributed by atoms with Crippen molar-refractivity contribution in [3.63, 3.8) is 0 Å². The van der Waals surface area contributed by atoms with Gasteiger partial charge in [-0.25, -0.2) is 0 Å². The number of amides is 1. The summed E-state index contributed by atoms with van der Waals surface area (Å²) < 4.78 is 50.3. The van der Waals surface area contributed by atoms with E-state index in [2.05, 4.69) is 21.2 Å². The van der Waals surface area contributed by atoms with Crippen LogP contribution >= 0.6 is 15.9 Å². The van der Waals surface area contributed by atoms with E-state index in [9.17, 15) is 18.0 Å². The van der Waals surface area contributed by atoms with Crippen molar-refractivity contribution in [2.75, 3.05) is 14.2 Å². The zero-order chi connectivity index (χ0) is 17.9. The van der Waals surface area contributed by atoms with Crippen LogP contribution in [0.2, 0.25) is 0 Å². The van der Waals surface area contributed by atoms with Crippen molar-refractivity contribution in [2.45, 2.75) is 37.9 Å². The van der Waals surface area contributed by atoms with E-state index in [-0.39, 0.29) is 12.0 Å². The van der Waals surface area contributed by atoms with Gasteiger partial charge < -0.3 is 14.8 Å². The van der Waals surface area contributed by atoms with E-state index in [1.54, 1.807) is 0 Å². The molecule has 0 aliphatic heterocycles. The van der Waals surface area contributed by atoms with Crippen molar-refractivity contribution in [3.05, 3.63) is 22.2 Å². The minimum atomic E-state index is -4.31. The predicted molar refractivity (Wildman–Crippen MR) is 86.5 cm³/mol. The van der Waals surface area contributed by atoms with E-state index in [1.807, 2.05) is 0 Å². The molecule has 0 bridgehead atoms. The number of carbonyl (C=O) groups is 1. The molecule has 24 heavy (non-hydrogen) atoms. The number of ether oxygens (including phenoxy) is 2. The number of alkyl halides is 3. The summed E-state index contributed by atoms with van der Waals surface area (Å²) in [5.41, 5.74) is 0.193. The second kappa shape index (κ2) is 7.63. The van der Waals surface area contributed by atoms with Crippen molar-refractivity contribution in [3.8, 4) is 11.5 Å². The van der Waals surface area contributed by atoms with Crippen LogP contribution in [-0.4, -0.2) is 32.3 Å². The lowest BCUT2D eigenvalue weighted by molar-refractivity contribution is -0.187. The first-order valence-electron chi connectivity index (χ1n) is 7.57. The van der Waals surface area contributed by atoms with Crippen molar-refractivity contribution in [2.24, 2.45) is 5.92 Å². The molecule has 8 heteroatoms. The summed E-state index contributed by atoms with van der Waals surface area (Å²) in [6.07, 6.45) is -2.75. The molecular formula is C16H19BrF3NO3. The third kappa shape index (κ3) is 4.15. The maximum Gasteiger partial charge on any atom is 0.393 e. The molecule has 0 heterocycles. The molecular weight excluding hydrogens is 391 g/mol. The van der Waals surface area contributed by atoms with Gasteiger partial charge in [0.1, 0.15) is 16.0 Å². The topological polar surface area (TPSA) is 47.6 Å². The van der Waals surface area contributed by atoms with Gasteiger partial charge in [-0.3, -0.25) is 4.79 Å². The number of rotatable bonds is 4. The first kappa shape index (κ1) is 18.9. The maximum atomic E-state index is 13.1. The third-order valence-corrected chi connectivity index (χ3v) is 4.99. The number of methoxy groups -OCH3 is 2. The monoisotopic (exact) mass is 409 g/mol. The molecule has 2 atom stereocenters. The molecule has 4 nitrogen and oxygen atoms in total. The summed E-state index contributed by atoms with van der Waals surface area (Å²) in [6, 6.07) is 2.02. The molecule has 1 amide bonds. The van der Waals surface area contributed by atoms with Gasteiger partial charge in [0, 0.05) is 11.6 Å². The van der Waals surface area contributed by atoms with Gasteiger partial charge in [0.15, 0.2) is 0 Å². The van der Waals surface area contributed by atoms with Crippen LogP contribution in [0.1, 0.15) is 36.0 Å². The number of halogens is 4. The van der Waals surface area contributed by atoms with Crippen molar-refractivity contribution in [1.29, 1.82) is 0 Å². The Hall–Kier alpha value is -1.44. The molecule has 1 saturated carbocycles. The lowest BCUT2D eigenvalue weighted by atomic mass is 9.84. The van der Waals surface area contributed by atoms with Gasteiger partial charge in [0.05, 0.1) is 20.1 Å². The van der Waals surface area contributed by atoms with E-state index in [0.717, 1.165) is 0 Å². The molecule has 0 unspecified atom stereocenters. The second-order valence-corrected chi connectivity index (χ2v) is 6.50. The molecule has 1 aliphatic rings. The van der Waals surface area contributed by atoms with Gasteiger partial charge >= 0.3 is 6.18 Å². The van der Waals surface area contributed by atoms with Crippen LogP contribution in [-0.2, 0) is 0 Å². The molecule has 1 fully saturated rings. The normalized spacial score (nSPS) is 21.2. The van der Waals surface area contributed by atoms with Gasteiger partial charge in [0.2, 0.25) is 0 Å². The van der Waals surface area contributed by atoms with Crippen molar-refractivity contribution < 1.29 is 27.4 Å². The highest BCUT2D eigenvalue weighted by atomic mass is 79.9. The Morgan fingerprint density at radius 1 is 1.17 bits per heavy atom. The van der Waals surface area contributed by atoms with Gasteiger partial charge in [0.25, 0.3) is 5.91 Å². The zero-order valence-corrected chi connectivity index (χ0v) is 15.0. The van der Waals surface area contributed by atoms with E-state index in [0.29, 0.717) is 35.2 Å². The Morgan fingerprint density at radius 2 is 1.71 bits per heavy atom. The highest BCUT2D eigenvalue weighted by Gasteiger charge is 2.46. The fourth-order valence-corrected chi connectivity index (χ4v) is 3.50. The maximum absolute atomic E-state index is 13.1. The molecule has 1 N–H and O–H groups in total. The quantitative estimate of drug-likeness (QED) is 0.805. The molecule has 0 aromatic heterocycles. The largest absolute Gasteiger partial charge is 0.495 e. The molecule has 0 saturated heterocycles. The Morgan fingerprint density at radius 3 is 2.21 bits per heavy atom. The van der Waals surface area contributed by atoms with Gasteiger partial charge in [-0.05, 0) is 40.9 Å². The Bertz CT molecular complexity index is 582. The van der Waals surface area contributed by atoms with E-state index >= 15 is 0 Å². The summed E-state index contributed by atoms with van der Waals surface area (Å²) >= 11 is 3.29. The van der Waals surface area contributed by atoms with Crippen LogP contribution in [0.15, 0.2) is 16.6 Å². The minimum Gasteiger partial charge on any atom is -0.495 e. The average molecular weight is 410 g/mol. The summed E-state index contributed by atoms with van der Waals surface area (Å²) in [4.78, 5) is 12.4. The number of carbonyl (C=O) groups excluding carboxylic acids is 1. The summed E-state index contributed by atoms with van der Waals surface area (Å²) in [7, 11) is 2.87. The Balaban J connectivity index is 2.22. The second-order valence-electron chi connectivity index (χ2n) is 5.71. The lowest BCUT2D eigenvalue weighted by Crippen LogP contribution is -2.47. The summed E-state index contributed by atoms with van der Waals surface area (Å²) in [6.45, 7) is 0. The number of hydrogen-bond acceptors (Lipinski definition) is 3. The predicted octanol–water partition coefficient (Wildman–Crippen LogP) is 4.32. The molecule has 1 aliphatic carbocycles. The zero-order valence-electron chi connectivity index (χ0n) is 13.4. The summed E-state index contributed by atoms with van der Waals surface area (Å²) in [5.74, 6) is -1.33. The van der Waals surface area contributed by atoms with Crippen LogP contribution in [0.4, 0.5) is 13.2 Å². The first-order chi connectivity index (χ1) is 11.3. The fourth-order valence-electron chi connectivity index (χ4n) is 2.95. The number of benzene rings is 1. The van der Waals surface area contributed by atoms with E-state index < -0.39 is 24.0 Å². The third-order valence-electron chi connectivity index (χ3n) is 4.21. The lowest BCUT2D eigenvalue weighted by Gasteiger charge is -2.33. The van der Waals surface area contributed by atoms with Crippen molar-refractivity contribution >= 4 is 21.8 Å². The molecule has 0 spiro atoms. The van der Waals surface area contributed by atoms with Gasteiger partial charge in [-0.1, -0.05) is 12.8 Å². The summed E-state index contributed by atoms with van der Waals surface area (Å²) in [5, 5.41) is 2.53. The Labute approximate surface area is 146 Å². The number of nitrogens with one attached hydrogen (secondary N) is 1. The van der Waals surface area contributed by atoms with Crippen molar-refractivity contribution in [1.82, 2.24) is 5.32 Å². The molecule has 0 radical (unpaired) electrons. The van der Waals surface area contributed by atoms with Gasteiger partial charge in [-0.15, -0.1) is 0 Å². The van der Waals surface area contributed by atoms with Crippen LogP contribution < -0.4 is 14.8 Å². The molecule has 1 aromatic carbocycles. The standard InChI is InChI=1S/C16H19BrF3NO3/c1-23-12-7-9(8-13(24-2)14(12)17)15(22)21-11-6-4-3-5-10(11)16(18,19)20/h7-8,10-11H,3-6H2,1-2H3,(H,21,22)/t10-,11+/m1/s1. The molecule has 1 aromatic rings. The van der Waals surface area contributed by atoms with Crippen LogP contribution in [0.25, 0.3) is 0 Å². The smallest absolute Gasteiger partial charge is 0.393 e. The SMILES string of the molecule is COc1cc(C(=O)N[C@H]2CCCC[C@H]2C(F)(F)F)cc(OC)c1Br.